The zero-order valence-corrected chi connectivity index (χ0v) is 12.5. The number of imidazole rings is 1. The van der Waals surface area contributed by atoms with Gasteiger partial charge in [-0.15, -0.1) is 0 Å². The molecule has 0 aliphatic carbocycles. The van der Waals surface area contributed by atoms with E-state index in [0.717, 1.165) is 37.5 Å². The van der Waals surface area contributed by atoms with E-state index in [4.69, 9.17) is 15.5 Å². The first-order valence-electron chi connectivity index (χ1n) is 7.05. The quantitative estimate of drug-likeness (QED) is 0.782. The topological polar surface area (TPSA) is 55.8 Å². The number of hydrogen-bond acceptors (Lipinski definition) is 4. The van der Waals surface area contributed by atoms with Crippen LogP contribution in [0.15, 0.2) is 24.4 Å². The summed E-state index contributed by atoms with van der Waals surface area (Å²) in [7, 11) is 3.80. The SMILES string of the molecule is COCCCN(C)c1nc2ccccn2c1CC(C)N. The van der Waals surface area contributed by atoms with Crippen LogP contribution in [0.5, 0.6) is 0 Å². The number of aromatic nitrogens is 2. The number of methoxy groups -OCH3 is 1. The van der Waals surface area contributed by atoms with Crippen molar-refractivity contribution >= 4 is 11.5 Å². The summed E-state index contributed by atoms with van der Waals surface area (Å²) in [5, 5.41) is 0. The van der Waals surface area contributed by atoms with Crippen LogP contribution >= 0.6 is 0 Å². The standard InChI is InChI=1S/C15H24N4O/c1-12(16)11-13-15(18(2)8-6-10-20-3)17-14-7-4-5-9-19(13)14/h4-5,7,9,12H,6,8,10-11,16H2,1-3H3. The van der Waals surface area contributed by atoms with Gasteiger partial charge in [-0.3, -0.25) is 0 Å². The van der Waals surface area contributed by atoms with Gasteiger partial charge in [-0.05, 0) is 25.5 Å². The summed E-state index contributed by atoms with van der Waals surface area (Å²) in [5.74, 6) is 1.02. The van der Waals surface area contributed by atoms with Gasteiger partial charge >= 0.3 is 0 Å². The Labute approximate surface area is 120 Å². The number of fused-ring (bicyclic) bond motifs is 1. The summed E-state index contributed by atoms with van der Waals surface area (Å²) >= 11 is 0. The largest absolute Gasteiger partial charge is 0.385 e. The molecule has 0 amide bonds. The molecule has 2 heterocycles. The molecule has 1 atom stereocenters. The average molecular weight is 276 g/mol. The van der Waals surface area contributed by atoms with Crippen molar-refractivity contribution in [1.82, 2.24) is 9.38 Å². The molecule has 0 radical (unpaired) electrons. The highest BCUT2D eigenvalue weighted by molar-refractivity contribution is 5.55. The normalized spacial score (nSPS) is 12.8. The molecule has 0 aliphatic heterocycles. The van der Waals surface area contributed by atoms with Crippen molar-refractivity contribution in [1.29, 1.82) is 0 Å². The van der Waals surface area contributed by atoms with Crippen LogP contribution in [0.25, 0.3) is 5.65 Å². The fraction of sp³-hybridized carbons (Fsp3) is 0.533. The molecule has 2 aromatic heterocycles. The first kappa shape index (κ1) is 14.8. The second-order valence-electron chi connectivity index (χ2n) is 5.26. The van der Waals surface area contributed by atoms with E-state index in [0.29, 0.717) is 0 Å². The van der Waals surface area contributed by atoms with Crippen molar-refractivity contribution in [2.75, 3.05) is 32.2 Å². The summed E-state index contributed by atoms with van der Waals surface area (Å²) in [6, 6.07) is 6.17. The van der Waals surface area contributed by atoms with Gasteiger partial charge in [0, 0.05) is 46.0 Å². The Morgan fingerprint density at radius 3 is 2.95 bits per heavy atom. The van der Waals surface area contributed by atoms with Gasteiger partial charge in [0.25, 0.3) is 0 Å². The van der Waals surface area contributed by atoms with Crippen LogP contribution in [0.3, 0.4) is 0 Å². The fourth-order valence-electron chi connectivity index (χ4n) is 2.39. The van der Waals surface area contributed by atoms with Crippen molar-refractivity contribution in [3.63, 3.8) is 0 Å². The second kappa shape index (κ2) is 6.72. The van der Waals surface area contributed by atoms with Gasteiger partial charge in [0.05, 0.1) is 5.69 Å². The maximum Gasteiger partial charge on any atom is 0.150 e. The minimum absolute atomic E-state index is 0.112. The average Bonchev–Trinajstić information content (AvgIpc) is 2.77. The first-order valence-corrected chi connectivity index (χ1v) is 7.05. The summed E-state index contributed by atoms with van der Waals surface area (Å²) in [4.78, 5) is 6.92. The van der Waals surface area contributed by atoms with Gasteiger partial charge in [0.15, 0.2) is 5.82 Å². The van der Waals surface area contributed by atoms with Crippen LogP contribution in [0.4, 0.5) is 5.82 Å². The molecule has 1 unspecified atom stereocenters. The lowest BCUT2D eigenvalue weighted by Gasteiger charge is -2.19. The summed E-state index contributed by atoms with van der Waals surface area (Å²) < 4.78 is 7.24. The second-order valence-corrected chi connectivity index (χ2v) is 5.26. The Balaban J connectivity index is 2.30. The lowest BCUT2D eigenvalue weighted by Crippen LogP contribution is -2.24. The van der Waals surface area contributed by atoms with Crippen molar-refractivity contribution < 1.29 is 4.74 Å². The number of anilines is 1. The Hall–Kier alpha value is -1.59. The lowest BCUT2D eigenvalue weighted by atomic mass is 10.2. The first-order chi connectivity index (χ1) is 9.63. The third kappa shape index (κ3) is 3.29. The molecule has 0 saturated heterocycles. The number of hydrogen-bond donors (Lipinski definition) is 1. The van der Waals surface area contributed by atoms with Crippen LogP contribution in [-0.4, -0.2) is 42.7 Å². The van der Waals surface area contributed by atoms with Crippen LogP contribution < -0.4 is 10.6 Å². The van der Waals surface area contributed by atoms with Crippen molar-refractivity contribution in [2.24, 2.45) is 5.73 Å². The number of rotatable bonds is 7. The molecule has 0 bridgehead atoms. The molecule has 0 fully saturated rings. The molecule has 0 saturated carbocycles. The monoisotopic (exact) mass is 276 g/mol. The highest BCUT2D eigenvalue weighted by atomic mass is 16.5. The van der Waals surface area contributed by atoms with Crippen molar-refractivity contribution in [3.05, 3.63) is 30.1 Å². The molecule has 0 aromatic carbocycles. The Morgan fingerprint density at radius 1 is 1.45 bits per heavy atom. The van der Waals surface area contributed by atoms with E-state index in [1.807, 2.05) is 31.3 Å². The molecular weight excluding hydrogens is 252 g/mol. The molecule has 5 nitrogen and oxygen atoms in total. The molecule has 2 N–H and O–H groups in total. The van der Waals surface area contributed by atoms with Gasteiger partial charge < -0.3 is 19.8 Å². The van der Waals surface area contributed by atoms with Crippen LogP contribution in [0.1, 0.15) is 19.0 Å². The number of nitrogens with two attached hydrogens (primary N) is 1. The van der Waals surface area contributed by atoms with Gasteiger partial charge in [-0.1, -0.05) is 6.07 Å². The predicted molar refractivity (Wildman–Crippen MR) is 82.3 cm³/mol. The minimum Gasteiger partial charge on any atom is -0.385 e. The van der Waals surface area contributed by atoms with Gasteiger partial charge in [0.2, 0.25) is 0 Å². The molecule has 2 aromatic rings. The molecule has 0 aliphatic rings. The van der Waals surface area contributed by atoms with Crippen LogP contribution in [-0.2, 0) is 11.2 Å². The van der Waals surface area contributed by atoms with Crippen LogP contribution in [0, 0.1) is 0 Å². The van der Waals surface area contributed by atoms with Gasteiger partial charge in [-0.25, -0.2) is 4.98 Å². The van der Waals surface area contributed by atoms with E-state index in [1.54, 1.807) is 7.11 Å². The Morgan fingerprint density at radius 2 is 2.25 bits per heavy atom. The number of nitrogens with zero attached hydrogens (tertiary/aromatic N) is 3. The zero-order valence-electron chi connectivity index (χ0n) is 12.5. The maximum absolute atomic E-state index is 5.99. The summed E-state index contributed by atoms with van der Waals surface area (Å²) in [6.45, 7) is 3.71. The smallest absolute Gasteiger partial charge is 0.150 e. The molecular formula is C15H24N4O. The third-order valence-corrected chi connectivity index (χ3v) is 3.33. The van der Waals surface area contributed by atoms with Crippen molar-refractivity contribution in [2.45, 2.75) is 25.8 Å². The highest BCUT2D eigenvalue weighted by Crippen LogP contribution is 2.22. The third-order valence-electron chi connectivity index (χ3n) is 3.33. The number of pyridine rings is 1. The number of ether oxygens (including phenoxy) is 1. The van der Waals surface area contributed by atoms with Gasteiger partial charge in [0.1, 0.15) is 5.65 Å². The van der Waals surface area contributed by atoms with E-state index in [-0.39, 0.29) is 6.04 Å². The lowest BCUT2D eigenvalue weighted by molar-refractivity contribution is 0.196. The Bertz CT molecular complexity index is 550. The Kier molecular flexibility index (Phi) is 4.98. The van der Waals surface area contributed by atoms with E-state index in [2.05, 4.69) is 16.3 Å². The highest BCUT2D eigenvalue weighted by Gasteiger charge is 2.16. The van der Waals surface area contributed by atoms with Crippen LogP contribution in [0.2, 0.25) is 0 Å². The molecule has 2 rings (SSSR count). The van der Waals surface area contributed by atoms with E-state index < -0.39 is 0 Å². The molecule has 110 valence electrons. The molecule has 5 heteroatoms. The maximum atomic E-state index is 5.99. The van der Waals surface area contributed by atoms with E-state index in [9.17, 15) is 0 Å². The zero-order chi connectivity index (χ0) is 14.5. The minimum atomic E-state index is 0.112. The summed E-state index contributed by atoms with van der Waals surface area (Å²) in [5.41, 5.74) is 8.13. The molecule has 20 heavy (non-hydrogen) atoms. The predicted octanol–water partition coefficient (Wildman–Crippen LogP) is 1.70. The fourth-order valence-corrected chi connectivity index (χ4v) is 2.39. The van der Waals surface area contributed by atoms with Crippen molar-refractivity contribution in [3.8, 4) is 0 Å². The molecule has 0 spiro atoms. The van der Waals surface area contributed by atoms with Gasteiger partial charge in [-0.2, -0.15) is 0 Å². The van der Waals surface area contributed by atoms with E-state index in [1.165, 1.54) is 5.69 Å². The van der Waals surface area contributed by atoms with E-state index >= 15 is 0 Å². The summed E-state index contributed by atoms with van der Waals surface area (Å²) in [6.07, 6.45) is 3.85.